The Morgan fingerprint density at radius 2 is 2.20 bits per heavy atom. The van der Waals surface area contributed by atoms with Gasteiger partial charge in [0.05, 0.1) is 5.56 Å². The molecular formula is C20H26N2O3. The lowest BCUT2D eigenvalue weighted by atomic mass is 10.0. The highest BCUT2D eigenvalue weighted by molar-refractivity contribution is 5.94. The number of carbonyl (C=O) groups is 2. The zero-order valence-electron chi connectivity index (χ0n) is 14.8. The summed E-state index contributed by atoms with van der Waals surface area (Å²) in [5.74, 6) is 2.74. The molecule has 2 heterocycles. The first kappa shape index (κ1) is 15.5. The summed E-state index contributed by atoms with van der Waals surface area (Å²) in [6.45, 7) is 3.29. The number of nitrogens with zero attached hydrogens (tertiary/aromatic N) is 1. The van der Waals surface area contributed by atoms with Crippen LogP contribution in [-0.2, 0) is 4.79 Å². The first-order valence-electron chi connectivity index (χ1n) is 9.68. The summed E-state index contributed by atoms with van der Waals surface area (Å²) in [4.78, 5) is 27.6. The molecule has 1 N–H and O–H groups in total. The molecule has 0 aromatic carbocycles. The number of fused-ring (bicyclic) bond motifs is 1. The molecule has 1 aromatic rings. The van der Waals surface area contributed by atoms with E-state index in [0.717, 1.165) is 31.1 Å². The van der Waals surface area contributed by atoms with Crippen molar-refractivity contribution in [1.82, 2.24) is 10.2 Å². The lowest BCUT2D eigenvalue weighted by molar-refractivity contribution is -0.137. The molecule has 5 nitrogen and oxygen atoms in total. The third kappa shape index (κ3) is 2.68. The normalized spacial score (nSPS) is 34.2. The Kier molecular flexibility index (Phi) is 3.32. The number of hydrogen-bond acceptors (Lipinski definition) is 3. The van der Waals surface area contributed by atoms with Crippen LogP contribution >= 0.6 is 0 Å². The molecule has 1 aromatic heterocycles. The highest BCUT2D eigenvalue weighted by atomic mass is 16.3. The second-order valence-corrected chi connectivity index (χ2v) is 8.82. The van der Waals surface area contributed by atoms with E-state index in [0.29, 0.717) is 29.3 Å². The van der Waals surface area contributed by atoms with Gasteiger partial charge in [-0.15, -0.1) is 0 Å². The monoisotopic (exact) mass is 342 g/mol. The number of nitrogens with one attached hydrogen (secondary N) is 1. The van der Waals surface area contributed by atoms with Crippen LogP contribution in [0.15, 0.2) is 16.7 Å². The molecule has 1 aliphatic heterocycles. The summed E-state index contributed by atoms with van der Waals surface area (Å²) >= 11 is 0. The number of amides is 2. The quantitative estimate of drug-likeness (QED) is 0.915. The molecule has 25 heavy (non-hydrogen) atoms. The third-order valence-corrected chi connectivity index (χ3v) is 7.01. The first-order chi connectivity index (χ1) is 12.0. The number of rotatable bonds is 4. The molecule has 2 amide bonds. The summed E-state index contributed by atoms with van der Waals surface area (Å²) in [5, 5.41) is 3.02. The molecule has 5 rings (SSSR count). The Morgan fingerprint density at radius 3 is 2.80 bits per heavy atom. The number of aryl methyl sites for hydroxylation is 1. The van der Waals surface area contributed by atoms with Crippen LogP contribution < -0.4 is 5.32 Å². The zero-order chi connectivity index (χ0) is 17.2. The average molecular weight is 342 g/mol. The number of furan rings is 1. The Labute approximate surface area is 148 Å². The topological polar surface area (TPSA) is 62.6 Å². The Morgan fingerprint density at radius 1 is 1.36 bits per heavy atom. The number of carbonyl (C=O) groups excluding carboxylic acids is 2. The largest absolute Gasteiger partial charge is 0.469 e. The highest BCUT2D eigenvalue weighted by Crippen LogP contribution is 2.58. The highest BCUT2D eigenvalue weighted by Gasteiger charge is 2.57. The fourth-order valence-electron chi connectivity index (χ4n) is 5.24. The first-order valence-corrected chi connectivity index (χ1v) is 9.68. The lowest BCUT2D eigenvalue weighted by Crippen LogP contribution is -2.45. The number of hydrogen-bond donors (Lipinski definition) is 1. The van der Waals surface area contributed by atoms with E-state index in [-0.39, 0.29) is 17.9 Å². The molecule has 1 unspecified atom stereocenters. The second-order valence-electron chi connectivity index (χ2n) is 8.82. The summed E-state index contributed by atoms with van der Waals surface area (Å²) in [5.41, 5.74) is 0.921. The van der Waals surface area contributed by atoms with Gasteiger partial charge in [-0.25, -0.2) is 0 Å². The average Bonchev–Trinajstić information content (AvgIpc) is 3.38. The second kappa shape index (κ2) is 5.36. The molecule has 4 aliphatic rings. The van der Waals surface area contributed by atoms with Crippen LogP contribution in [0.25, 0.3) is 0 Å². The van der Waals surface area contributed by atoms with Crippen LogP contribution in [0.4, 0.5) is 0 Å². The molecule has 1 spiro atoms. The van der Waals surface area contributed by atoms with Crippen molar-refractivity contribution in [3.8, 4) is 0 Å². The van der Waals surface area contributed by atoms with Gasteiger partial charge < -0.3 is 14.6 Å². The van der Waals surface area contributed by atoms with E-state index < -0.39 is 0 Å². The molecule has 3 aliphatic carbocycles. The van der Waals surface area contributed by atoms with Crippen molar-refractivity contribution in [2.45, 2.75) is 51.5 Å². The molecule has 5 heteroatoms. The van der Waals surface area contributed by atoms with E-state index in [9.17, 15) is 9.59 Å². The standard InChI is InChI=1S/C20H26N2O3/c1-12-6-14(10-25-12)18(23)21-9-15-8-20(4-5-20)11-22(15)19(24)16-3-2-13-7-17(13)16/h6,10,13,15-17H,2-5,7-9,11H2,1H3,(H,21,23)/t13-,15?,16-,17+/m1/s1. The Balaban J connectivity index is 1.25. The SMILES string of the molecule is Cc1cc(C(=O)NCC2CC3(CC3)CN2C(=O)[C@@H]2CC[C@@H]3C[C@@H]32)co1. The third-order valence-electron chi connectivity index (χ3n) is 7.01. The summed E-state index contributed by atoms with van der Waals surface area (Å²) in [6.07, 6.45) is 8.58. The van der Waals surface area contributed by atoms with Gasteiger partial charge in [-0.3, -0.25) is 9.59 Å². The van der Waals surface area contributed by atoms with Crippen LogP contribution in [0.2, 0.25) is 0 Å². The van der Waals surface area contributed by atoms with E-state index in [4.69, 9.17) is 4.42 Å². The van der Waals surface area contributed by atoms with Crippen LogP contribution in [0, 0.1) is 30.1 Å². The Hall–Kier alpha value is -1.78. The Bertz CT molecular complexity index is 720. The maximum atomic E-state index is 13.1. The van der Waals surface area contributed by atoms with E-state index in [1.807, 2.05) is 6.92 Å². The van der Waals surface area contributed by atoms with Crippen molar-refractivity contribution >= 4 is 11.8 Å². The number of likely N-dealkylation sites (tertiary alicyclic amines) is 1. The predicted molar refractivity (Wildman–Crippen MR) is 91.9 cm³/mol. The van der Waals surface area contributed by atoms with Gasteiger partial charge in [-0.05, 0) is 68.8 Å². The van der Waals surface area contributed by atoms with Gasteiger partial charge in [-0.1, -0.05) is 0 Å². The van der Waals surface area contributed by atoms with E-state index in [2.05, 4.69) is 10.2 Å². The minimum Gasteiger partial charge on any atom is -0.469 e. The minimum atomic E-state index is -0.107. The zero-order valence-corrected chi connectivity index (χ0v) is 14.8. The van der Waals surface area contributed by atoms with Gasteiger partial charge in [0.15, 0.2) is 0 Å². The van der Waals surface area contributed by atoms with Crippen molar-refractivity contribution in [1.29, 1.82) is 0 Å². The predicted octanol–water partition coefficient (Wildman–Crippen LogP) is 2.75. The molecule has 134 valence electrons. The maximum Gasteiger partial charge on any atom is 0.254 e. The molecule has 0 radical (unpaired) electrons. The summed E-state index contributed by atoms with van der Waals surface area (Å²) in [6, 6.07) is 1.91. The van der Waals surface area contributed by atoms with Crippen LogP contribution in [0.3, 0.4) is 0 Å². The van der Waals surface area contributed by atoms with Gasteiger partial charge in [0.25, 0.3) is 5.91 Å². The fourth-order valence-corrected chi connectivity index (χ4v) is 5.24. The van der Waals surface area contributed by atoms with E-state index >= 15 is 0 Å². The molecule has 4 fully saturated rings. The van der Waals surface area contributed by atoms with Crippen molar-refractivity contribution in [3.05, 3.63) is 23.7 Å². The van der Waals surface area contributed by atoms with E-state index in [1.165, 1.54) is 31.9 Å². The van der Waals surface area contributed by atoms with Gasteiger partial charge in [0.2, 0.25) is 5.91 Å². The van der Waals surface area contributed by atoms with Crippen molar-refractivity contribution in [2.24, 2.45) is 23.2 Å². The lowest BCUT2D eigenvalue weighted by Gasteiger charge is -2.28. The molecule has 3 saturated carbocycles. The van der Waals surface area contributed by atoms with Crippen molar-refractivity contribution < 1.29 is 14.0 Å². The van der Waals surface area contributed by atoms with Crippen LogP contribution in [0.1, 0.15) is 54.6 Å². The minimum absolute atomic E-state index is 0.107. The smallest absolute Gasteiger partial charge is 0.254 e. The van der Waals surface area contributed by atoms with Gasteiger partial charge in [-0.2, -0.15) is 0 Å². The van der Waals surface area contributed by atoms with Gasteiger partial charge in [0, 0.05) is 25.0 Å². The van der Waals surface area contributed by atoms with Gasteiger partial charge >= 0.3 is 0 Å². The maximum absolute atomic E-state index is 13.1. The van der Waals surface area contributed by atoms with E-state index in [1.54, 1.807) is 6.07 Å². The van der Waals surface area contributed by atoms with Crippen LogP contribution in [0.5, 0.6) is 0 Å². The van der Waals surface area contributed by atoms with Gasteiger partial charge in [0.1, 0.15) is 12.0 Å². The molecule has 4 atom stereocenters. The van der Waals surface area contributed by atoms with Crippen molar-refractivity contribution in [3.63, 3.8) is 0 Å². The van der Waals surface area contributed by atoms with Crippen molar-refractivity contribution in [2.75, 3.05) is 13.1 Å². The molecular weight excluding hydrogens is 316 g/mol. The van der Waals surface area contributed by atoms with Crippen LogP contribution in [-0.4, -0.2) is 35.8 Å². The molecule has 1 saturated heterocycles. The summed E-state index contributed by atoms with van der Waals surface area (Å²) in [7, 11) is 0. The molecule has 0 bridgehead atoms. The fraction of sp³-hybridized carbons (Fsp3) is 0.700. The summed E-state index contributed by atoms with van der Waals surface area (Å²) < 4.78 is 5.22.